The van der Waals surface area contributed by atoms with Crippen LogP contribution in [0.15, 0.2) is 12.4 Å². The second-order valence-electron chi connectivity index (χ2n) is 4.34. The monoisotopic (exact) mass is 239 g/mol. The lowest BCUT2D eigenvalue weighted by atomic mass is 10.1. The van der Waals surface area contributed by atoms with Gasteiger partial charge in [-0.1, -0.05) is 6.92 Å². The van der Waals surface area contributed by atoms with Gasteiger partial charge in [-0.25, -0.2) is 4.79 Å². The van der Waals surface area contributed by atoms with E-state index in [1.807, 2.05) is 6.92 Å². The molecule has 1 aromatic heterocycles. The molecule has 0 atom stereocenters. The van der Waals surface area contributed by atoms with Crippen LogP contribution in [0.1, 0.15) is 33.6 Å². The van der Waals surface area contributed by atoms with Crippen molar-refractivity contribution in [3.63, 3.8) is 0 Å². The number of aliphatic carboxylic acids is 1. The molecule has 17 heavy (non-hydrogen) atoms. The van der Waals surface area contributed by atoms with Gasteiger partial charge in [0.25, 0.3) is 0 Å². The van der Waals surface area contributed by atoms with Crippen LogP contribution in [0.3, 0.4) is 0 Å². The van der Waals surface area contributed by atoms with E-state index in [0.717, 1.165) is 6.42 Å². The number of carbonyl (C=O) groups is 2. The topological polar surface area (TPSA) is 84.2 Å². The van der Waals surface area contributed by atoms with E-state index in [9.17, 15) is 9.59 Å². The predicted octanol–water partition coefficient (Wildman–Crippen LogP) is 1.44. The third-order valence-corrected chi connectivity index (χ3v) is 2.44. The van der Waals surface area contributed by atoms with Crippen molar-refractivity contribution in [3.05, 3.63) is 12.4 Å². The number of hydrogen-bond acceptors (Lipinski definition) is 3. The second kappa shape index (κ2) is 4.99. The third kappa shape index (κ3) is 3.05. The highest BCUT2D eigenvalue weighted by molar-refractivity contribution is 5.90. The Kier molecular flexibility index (Phi) is 3.88. The number of amides is 1. The first-order chi connectivity index (χ1) is 7.87. The number of aromatic nitrogens is 2. The quantitative estimate of drug-likeness (QED) is 0.814. The molecule has 0 saturated carbocycles. The zero-order valence-corrected chi connectivity index (χ0v) is 10.2. The van der Waals surface area contributed by atoms with Gasteiger partial charge in [0.15, 0.2) is 5.54 Å². The average Bonchev–Trinajstić information content (AvgIpc) is 2.66. The molecule has 0 aromatic carbocycles. The normalized spacial score (nSPS) is 11.2. The number of anilines is 1. The van der Waals surface area contributed by atoms with Crippen molar-refractivity contribution >= 4 is 17.6 Å². The SMILES string of the molecule is CCCC(=O)Nc1cnn(C(C)(C)C(=O)O)c1. The van der Waals surface area contributed by atoms with Crippen molar-refractivity contribution in [2.45, 2.75) is 39.2 Å². The van der Waals surface area contributed by atoms with Crippen LogP contribution in [-0.4, -0.2) is 26.8 Å². The Morgan fingerprint density at radius 2 is 2.18 bits per heavy atom. The first kappa shape index (κ1) is 13.2. The minimum absolute atomic E-state index is 0.0971. The molecule has 6 nitrogen and oxygen atoms in total. The number of carboxylic acids is 1. The standard InChI is InChI=1S/C11H17N3O3/c1-4-5-9(15)13-8-6-12-14(7-8)11(2,3)10(16)17/h6-7H,4-5H2,1-3H3,(H,13,15)(H,16,17). The van der Waals surface area contributed by atoms with Gasteiger partial charge in [-0.3, -0.25) is 9.48 Å². The molecule has 0 bridgehead atoms. The molecule has 0 spiro atoms. The molecule has 0 aliphatic heterocycles. The summed E-state index contributed by atoms with van der Waals surface area (Å²) in [5.41, 5.74) is -0.619. The predicted molar refractivity (Wildman–Crippen MR) is 62.7 cm³/mol. The maximum Gasteiger partial charge on any atom is 0.331 e. The van der Waals surface area contributed by atoms with Crippen molar-refractivity contribution in [2.24, 2.45) is 0 Å². The molecule has 1 rings (SSSR count). The highest BCUT2D eigenvalue weighted by atomic mass is 16.4. The molecule has 0 aliphatic carbocycles. The number of carboxylic acid groups (broad SMARTS) is 1. The molecule has 0 radical (unpaired) electrons. The molecule has 0 aliphatic rings. The number of nitrogens with zero attached hydrogens (tertiary/aromatic N) is 2. The fraction of sp³-hybridized carbons (Fsp3) is 0.545. The molecular weight excluding hydrogens is 222 g/mol. The van der Waals surface area contributed by atoms with Gasteiger partial charge in [0.2, 0.25) is 5.91 Å². The van der Waals surface area contributed by atoms with E-state index in [2.05, 4.69) is 10.4 Å². The Hall–Kier alpha value is -1.85. The van der Waals surface area contributed by atoms with Gasteiger partial charge in [0, 0.05) is 12.6 Å². The molecule has 0 unspecified atom stereocenters. The summed E-state index contributed by atoms with van der Waals surface area (Å²) in [5, 5.41) is 15.6. The van der Waals surface area contributed by atoms with Gasteiger partial charge >= 0.3 is 5.97 Å². The summed E-state index contributed by atoms with van der Waals surface area (Å²) in [5.74, 6) is -1.08. The molecule has 94 valence electrons. The molecular formula is C11H17N3O3. The molecule has 6 heteroatoms. The van der Waals surface area contributed by atoms with Crippen molar-refractivity contribution in [3.8, 4) is 0 Å². The minimum Gasteiger partial charge on any atom is -0.479 e. The zero-order valence-electron chi connectivity index (χ0n) is 10.2. The zero-order chi connectivity index (χ0) is 13.1. The number of nitrogens with one attached hydrogen (secondary N) is 1. The van der Waals surface area contributed by atoms with E-state index in [1.54, 1.807) is 13.8 Å². The lowest BCUT2D eigenvalue weighted by Gasteiger charge is -2.19. The average molecular weight is 239 g/mol. The maximum atomic E-state index is 11.3. The van der Waals surface area contributed by atoms with Gasteiger partial charge in [-0.2, -0.15) is 5.10 Å². The van der Waals surface area contributed by atoms with Crippen LogP contribution >= 0.6 is 0 Å². The smallest absolute Gasteiger partial charge is 0.331 e. The summed E-state index contributed by atoms with van der Waals surface area (Å²) >= 11 is 0. The first-order valence-electron chi connectivity index (χ1n) is 5.46. The summed E-state index contributed by atoms with van der Waals surface area (Å²) in [6.45, 7) is 5.00. The second-order valence-corrected chi connectivity index (χ2v) is 4.34. The van der Waals surface area contributed by atoms with E-state index in [-0.39, 0.29) is 5.91 Å². The third-order valence-electron chi connectivity index (χ3n) is 2.44. The number of hydrogen-bond donors (Lipinski definition) is 2. The fourth-order valence-corrected chi connectivity index (χ4v) is 1.24. The number of rotatable bonds is 5. The summed E-state index contributed by atoms with van der Waals surface area (Å²) in [6.07, 6.45) is 4.16. The molecule has 0 saturated heterocycles. The van der Waals surface area contributed by atoms with Gasteiger partial charge in [-0.15, -0.1) is 0 Å². The summed E-state index contributed by atoms with van der Waals surface area (Å²) in [4.78, 5) is 22.3. The maximum absolute atomic E-state index is 11.3. The van der Waals surface area contributed by atoms with E-state index in [1.165, 1.54) is 17.1 Å². The van der Waals surface area contributed by atoms with E-state index in [0.29, 0.717) is 12.1 Å². The van der Waals surface area contributed by atoms with Crippen LogP contribution in [0.5, 0.6) is 0 Å². The summed E-state index contributed by atoms with van der Waals surface area (Å²) in [6, 6.07) is 0. The van der Waals surface area contributed by atoms with Crippen LogP contribution in [0.4, 0.5) is 5.69 Å². The molecule has 1 amide bonds. The Balaban J connectivity index is 2.78. The van der Waals surface area contributed by atoms with Crippen molar-refractivity contribution in [1.82, 2.24) is 9.78 Å². The van der Waals surface area contributed by atoms with Crippen LogP contribution in [-0.2, 0) is 15.1 Å². The van der Waals surface area contributed by atoms with Crippen LogP contribution in [0.25, 0.3) is 0 Å². The van der Waals surface area contributed by atoms with E-state index < -0.39 is 11.5 Å². The molecule has 0 fully saturated rings. The summed E-state index contributed by atoms with van der Waals surface area (Å²) < 4.78 is 1.32. The lowest BCUT2D eigenvalue weighted by molar-refractivity contribution is -0.146. The van der Waals surface area contributed by atoms with Gasteiger partial charge in [0.1, 0.15) is 0 Å². The number of carbonyl (C=O) groups excluding carboxylic acids is 1. The van der Waals surface area contributed by atoms with Gasteiger partial charge < -0.3 is 10.4 Å². The molecule has 1 heterocycles. The highest BCUT2D eigenvalue weighted by Gasteiger charge is 2.30. The van der Waals surface area contributed by atoms with Gasteiger partial charge in [0.05, 0.1) is 11.9 Å². The largest absolute Gasteiger partial charge is 0.479 e. The van der Waals surface area contributed by atoms with Crippen LogP contribution in [0.2, 0.25) is 0 Å². The van der Waals surface area contributed by atoms with Crippen molar-refractivity contribution in [1.29, 1.82) is 0 Å². The van der Waals surface area contributed by atoms with Crippen molar-refractivity contribution in [2.75, 3.05) is 5.32 Å². The lowest BCUT2D eigenvalue weighted by Crippen LogP contribution is -2.35. The molecule has 1 aromatic rings. The van der Waals surface area contributed by atoms with Crippen LogP contribution in [0, 0.1) is 0 Å². The van der Waals surface area contributed by atoms with E-state index >= 15 is 0 Å². The Morgan fingerprint density at radius 1 is 1.53 bits per heavy atom. The molecule has 2 N–H and O–H groups in total. The minimum atomic E-state index is -1.13. The van der Waals surface area contributed by atoms with Crippen LogP contribution < -0.4 is 5.32 Å². The first-order valence-corrected chi connectivity index (χ1v) is 5.46. The van der Waals surface area contributed by atoms with Crippen molar-refractivity contribution < 1.29 is 14.7 Å². The Labute approximate surface area is 99.6 Å². The highest BCUT2D eigenvalue weighted by Crippen LogP contribution is 2.17. The fourth-order valence-electron chi connectivity index (χ4n) is 1.24. The Bertz CT molecular complexity index is 423. The van der Waals surface area contributed by atoms with Gasteiger partial charge in [-0.05, 0) is 20.3 Å². The summed E-state index contributed by atoms with van der Waals surface area (Å²) in [7, 11) is 0. The Morgan fingerprint density at radius 3 is 2.71 bits per heavy atom. The van der Waals surface area contributed by atoms with E-state index in [4.69, 9.17) is 5.11 Å².